The molecule has 0 aliphatic heterocycles. The van der Waals surface area contributed by atoms with Crippen molar-refractivity contribution in [1.29, 1.82) is 0 Å². The van der Waals surface area contributed by atoms with Crippen LogP contribution < -0.4 is 5.32 Å². The van der Waals surface area contributed by atoms with Gasteiger partial charge in [-0.3, -0.25) is 0 Å². The van der Waals surface area contributed by atoms with Crippen molar-refractivity contribution in [3.8, 4) is 0 Å². The molecule has 1 N–H and O–H groups in total. The van der Waals surface area contributed by atoms with Crippen molar-refractivity contribution in [3.05, 3.63) is 33.3 Å². The van der Waals surface area contributed by atoms with Crippen LogP contribution in [0.1, 0.15) is 43.7 Å². The Bertz CT molecular complexity index is 432. The fourth-order valence-electron chi connectivity index (χ4n) is 3.10. The van der Waals surface area contributed by atoms with Gasteiger partial charge in [0.15, 0.2) is 0 Å². The van der Waals surface area contributed by atoms with Crippen LogP contribution in [0.15, 0.2) is 22.7 Å². The quantitative estimate of drug-likeness (QED) is 0.796. The molecule has 0 heterocycles. The van der Waals surface area contributed by atoms with Crippen molar-refractivity contribution < 1.29 is 0 Å². The summed E-state index contributed by atoms with van der Waals surface area (Å²) in [6.45, 7) is 1.11. The highest BCUT2D eigenvalue weighted by atomic mass is 79.9. The summed E-state index contributed by atoms with van der Waals surface area (Å²) in [5, 5.41) is 4.23. The summed E-state index contributed by atoms with van der Waals surface area (Å²) < 4.78 is 1.03. The van der Waals surface area contributed by atoms with E-state index in [9.17, 15) is 0 Å². The second-order valence-corrected chi connectivity index (χ2v) is 7.04. The van der Waals surface area contributed by atoms with Crippen molar-refractivity contribution in [2.75, 3.05) is 20.6 Å². The van der Waals surface area contributed by atoms with Crippen LogP contribution in [0.2, 0.25) is 5.02 Å². The molecule has 1 aliphatic rings. The molecule has 1 saturated carbocycles. The van der Waals surface area contributed by atoms with Crippen molar-refractivity contribution in [2.24, 2.45) is 0 Å². The molecule has 1 unspecified atom stereocenters. The molecular weight excluding hydrogens is 336 g/mol. The molecular formula is C16H24BrClN2. The van der Waals surface area contributed by atoms with Gasteiger partial charge in [-0.15, -0.1) is 0 Å². The first-order valence-corrected chi connectivity index (χ1v) is 8.61. The number of hydrogen-bond donors (Lipinski definition) is 1. The molecule has 1 atom stereocenters. The van der Waals surface area contributed by atoms with E-state index in [0.29, 0.717) is 6.04 Å². The first-order valence-electron chi connectivity index (χ1n) is 7.44. The van der Waals surface area contributed by atoms with Gasteiger partial charge in [0.1, 0.15) is 0 Å². The van der Waals surface area contributed by atoms with Crippen molar-refractivity contribution in [1.82, 2.24) is 10.2 Å². The van der Waals surface area contributed by atoms with Gasteiger partial charge < -0.3 is 10.2 Å². The van der Waals surface area contributed by atoms with Crippen molar-refractivity contribution in [3.63, 3.8) is 0 Å². The Morgan fingerprint density at radius 1 is 1.40 bits per heavy atom. The van der Waals surface area contributed by atoms with Gasteiger partial charge in [-0.2, -0.15) is 0 Å². The lowest BCUT2D eigenvalue weighted by Crippen LogP contribution is -2.32. The summed E-state index contributed by atoms with van der Waals surface area (Å²) in [6, 6.07) is 7.25. The molecule has 2 rings (SSSR count). The topological polar surface area (TPSA) is 15.3 Å². The number of benzene rings is 1. The zero-order chi connectivity index (χ0) is 14.5. The lowest BCUT2D eigenvalue weighted by atomic mass is 10.0. The minimum atomic E-state index is 0.319. The SMILES string of the molecule is CNC(CCN(C)C1CCCC1)c1ccc(Br)cc1Cl. The Balaban J connectivity index is 1.94. The molecule has 1 aromatic rings. The molecule has 1 aliphatic carbocycles. The van der Waals surface area contributed by atoms with Gasteiger partial charge >= 0.3 is 0 Å². The van der Waals surface area contributed by atoms with Crippen LogP contribution in [0.4, 0.5) is 0 Å². The van der Waals surface area contributed by atoms with E-state index in [1.165, 1.54) is 31.2 Å². The zero-order valence-electron chi connectivity index (χ0n) is 12.3. The number of halogens is 2. The maximum absolute atomic E-state index is 6.36. The highest BCUT2D eigenvalue weighted by Gasteiger charge is 2.21. The Kier molecular flexibility index (Phi) is 6.34. The third-order valence-corrected chi connectivity index (χ3v) is 5.23. The fraction of sp³-hybridized carbons (Fsp3) is 0.625. The van der Waals surface area contributed by atoms with Gasteiger partial charge in [-0.1, -0.05) is 46.4 Å². The van der Waals surface area contributed by atoms with E-state index in [2.05, 4.69) is 45.3 Å². The van der Waals surface area contributed by atoms with Crippen molar-refractivity contribution >= 4 is 27.5 Å². The molecule has 4 heteroatoms. The predicted octanol–water partition coefficient (Wildman–Crippen LogP) is 4.63. The molecule has 0 amide bonds. The van der Waals surface area contributed by atoms with E-state index >= 15 is 0 Å². The largest absolute Gasteiger partial charge is 0.313 e. The fourth-order valence-corrected chi connectivity index (χ4v) is 3.90. The summed E-state index contributed by atoms with van der Waals surface area (Å²) in [4.78, 5) is 2.52. The zero-order valence-corrected chi connectivity index (χ0v) is 14.7. The van der Waals surface area contributed by atoms with Gasteiger partial charge in [0.25, 0.3) is 0 Å². The standard InChI is InChI=1S/C16H24BrClN2/c1-19-16(14-8-7-12(17)11-15(14)18)9-10-20(2)13-5-3-4-6-13/h7-8,11,13,16,19H,3-6,9-10H2,1-2H3. The molecule has 0 spiro atoms. The minimum absolute atomic E-state index is 0.319. The highest BCUT2D eigenvalue weighted by molar-refractivity contribution is 9.10. The van der Waals surface area contributed by atoms with E-state index in [0.717, 1.165) is 28.5 Å². The van der Waals surface area contributed by atoms with Crippen LogP contribution in [0.5, 0.6) is 0 Å². The van der Waals surface area contributed by atoms with Crippen LogP contribution in [-0.4, -0.2) is 31.6 Å². The molecule has 0 saturated heterocycles. The second kappa shape index (κ2) is 7.79. The second-order valence-electron chi connectivity index (χ2n) is 5.71. The van der Waals surface area contributed by atoms with Gasteiger partial charge in [-0.05, 0) is 57.6 Å². The Morgan fingerprint density at radius 3 is 2.70 bits per heavy atom. The van der Waals surface area contributed by atoms with Gasteiger partial charge in [0.2, 0.25) is 0 Å². The predicted molar refractivity (Wildman–Crippen MR) is 90.5 cm³/mol. The molecule has 0 bridgehead atoms. The average molecular weight is 360 g/mol. The third-order valence-electron chi connectivity index (χ3n) is 4.40. The van der Waals surface area contributed by atoms with Gasteiger partial charge in [0.05, 0.1) is 0 Å². The van der Waals surface area contributed by atoms with E-state index in [1.807, 2.05) is 13.1 Å². The van der Waals surface area contributed by atoms with E-state index in [-0.39, 0.29) is 0 Å². The number of nitrogens with one attached hydrogen (secondary N) is 1. The number of hydrogen-bond acceptors (Lipinski definition) is 2. The van der Waals surface area contributed by atoms with Crippen LogP contribution in [-0.2, 0) is 0 Å². The summed E-state index contributed by atoms with van der Waals surface area (Å²) in [7, 11) is 4.27. The Hall–Kier alpha value is -0.0900. The summed E-state index contributed by atoms with van der Waals surface area (Å²) in [5.41, 5.74) is 1.19. The number of nitrogens with zero attached hydrogens (tertiary/aromatic N) is 1. The first kappa shape index (κ1) is 16.3. The van der Waals surface area contributed by atoms with Crippen LogP contribution in [0.3, 0.4) is 0 Å². The third kappa shape index (κ3) is 4.20. The van der Waals surface area contributed by atoms with E-state index < -0.39 is 0 Å². The molecule has 1 aromatic carbocycles. The first-order chi connectivity index (χ1) is 9.61. The van der Waals surface area contributed by atoms with Crippen LogP contribution in [0, 0.1) is 0 Å². The van der Waals surface area contributed by atoms with Crippen LogP contribution in [0.25, 0.3) is 0 Å². The minimum Gasteiger partial charge on any atom is -0.313 e. The molecule has 0 radical (unpaired) electrons. The molecule has 20 heavy (non-hydrogen) atoms. The van der Waals surface area contributed by atoms with Crippen LogP contribution >= 0.6 is 27.5 Å². The average Bonchev–Trinajstić information content (AvgIpc) is 2.95. The smallest absolute Gasteiger partial charge is 0.0465 e. The maximum Gasteiger partial charge on any atom is 0.0465 e. The number of rotatable bonds is 6. The maximum atomic E-state index is 6.36. The summed E-state index contributed by atoms with van der Waals surface area (Å²) >= 11 is 9.82. The van der Waals surface area contributed by atoms with E-state index in [1.54, 1.807) is 0 Å². The lowest BCUT2D eigenvalue weighted by molar-refractivity contribution is 0.233. The molecule has 2 nitrogen and oxygen atoms in total. The monoisotopic (exact) mass is 358 g/mol. The highest BCUT2D eigenvalue weighted by Crippen LogP contribution is 2.29. The van der Waals surface area contributed by atoms with Gasteiger partial charge in [-0.25, -0.2) is 0 Å². The van der Waals surface area contributed by atoms with E-state index in [4.69, 9.17) is 11.6 Å². The molecule has 112 valence electrons. The lowest BCUT2D eigenvalue weighted by Gasteiger charge is -2.27. The molecule has 0 aromatic heterocycles. The summed E-state index contributed by atoms with van der Waals surface area (Å²) in [5.74, 6) is 0. The Labute approximate surface area is 136 Å². The van der Waals surface area contributed by atoms with Gasteiger partial charge in [0, 0.05) is 21.6 Å². The van der Waals surface area contributed by atoms with Crippen molar-refractivity contribution in [2.45, 2.75) is 44.2 Å². The normalized spacial score (nSPS) is 17.9. The Morgan fingerprint density at radius 2 is 2.10 bits per heavy atom. The summed E-state index contributed by atoms with van der Waals surface area (Å²) in [6.07, 6.45) is 6.59. The molecule has 1 fully saturated rings.